The van der Waals surface area contributed by atoms with Gasteiger partial charge in [0.15, 0.2) is 0 Å². The zero-order valence-electron chi connectivity index (χ0n) is 11.7. The largest absolute Gasteiger partial charge is 0.481 e. The number of carbonyl (C=O) groups is 1. The third-order valence-electron chi connectivity index (χ3n) is 3.89. The number of nitrogens with zero attached hydrogens (tertiary/aromatic N) is 3. The molecule has 0 aliphatic heterocycles. The second kappa shape index (κ2) is 4.77. The van der Waals surface area contributed by atoms with Crippen LogP contribution < -0.4 is 0 Å². The van der Waals surface area contributed by atoms with Crippen LogP contribution in [-0.4, -0.2) is 30.8 Å². The van der Waals surface area contributed by atoms with Crippen molar-refractivity contribution in [3.63, 3.8) is 0 Å². The van der Waals surface area contributed by atoms with E-state index in [9.17, 15) is 4.79 Å². The molecular formula is C14H18N4O2. The van der Waals surface area contributed by atoms with Gasteiger partial charge in [0.25, 0.3) is 0 Å². The number of aromatic nitrogens is 4. The number of carboxylic acids is 1. The highest BCUT2D eigenvalue weighted by molar-refractivity contribution is 5.71. The van der Waals surface area contributed by atoms with Gasteiger partial charge in [-0.25, -0.2) is 4.98 Å². The van der Waals surface area contributed by atoms with E-state index in [4.69, 9.17) is 5.11 Å². The first-order valence-electron chi connectivity index (χ1n) is 6.92. The summed E-state index contributed by atoms with van der Waals surface area (Å²) in [6.45, 7) is 2.06. The van der Waals surface area contributed by atoms with Crippen molar-refractivity contribution in [3.05, 3.63) is 23.3 Å². The van der Waals surface area contributed by atoms with Gasteiger partial charge in [-0.3, -0.25) is 9.48 Å². The van der Waals surface area contributed by atoms with E-state index in [0.717, 1.165) is 41.3 Å². The van der Waals surface area contributed by atoms with Crippen LogP contribution in [-0.2, 0) is 31.1 Å². The Kier molecular flexibility index (Phi) is 3.08. The number of carboxylic acid groups (broad SMARTS) is 1. The normalized spacial score (nSPS) is 18.0. The summed E-state index contributed by atoms with van der Waals surface area (Å²) in [5, 5.41) is 13.5. The minimum Gasteiger partial charge on any atom is -0.481 e. The van der Waals surface area contributed by atoms with Gasteiger partial charge in [-0.2, -0.15) is 5.10 Å². The highest BCUT2D eigenvalue weighted by Crippen LogP contribution is 2.28. The van der Waals surface area contributed by atoms with Crippen LogP contribution in [0.4, 0.5) is 0 Å². The molecule has 2 aromatic heterocycles. The topological polar surface area (TPSA) is 83.8 Å². The molecule has 1 aliphatic rings. The molecule has 0 aromatic carbocycles. The van der Waals surface area contributed by atoms with Gasteiger partial charge < -0.3 is 10.1 Å². The lowest BCUT2D eigenvalue weighted by Crippen LogP contribution is -2.22. The third kappa shape index (κ3) is 2.11. The molecule has 0 fully saturated rings. The standard InChI is InChI=1S/C14H18N4O2/c1-3-10-9(7-18(2)17-10)13-15-11-5-4-8(14(19)20)6-12(11)16-13/h7-8H,3-6H2,1-2H3,(H,15,16)(H,19,20). The van der Waals surface area contributed by atoms with Crippen molar-refractivity contribution in [3.8, 4) is 11.4 Å². The Hall–Kier alpha value is -2.11. The average Bonchev–Trinajstić information content (AvgIpc) is 3.00. The van der Waals surface area contributed by atoms with Crippen molar-refractivity contribution in [1.82, 2.24) is 19.7 Å². The summed E-state index contributed by atoms with van der Waals surface area (Å²) in [6, 6.07) is 0. The van der Waals surface area contributed by atoms with Crippen LogP contribution in [0.5, 0.6) is 0 Å². The molecule has 1 unspecified atom stereocenters. The molecule has 0 saturated heterocycles. The minimum absolute atomic E-state index is 0.296. The number of H-pyrrole nitrogens is 1. The second-order valence-electron chi connectivity index (χ2n) is 5.31. The highest BCUT2D eigenvalue weighted by atomic mass is 16.4. The summed E-state index contributed by atoms with van der Waals surface area (Å²) in [4.78, 5) is 19.0. The third-order valence-corrected chi connectivity index (χ3v) is 3.89. The van der Waals surface area contributed by atoms with Gasteiger partial charge in [0, 0.05) is 25.4 Å². The number of aromatic amines is 1. The Balaban J connectivity index is 1.96. The van der Waals surface area contributed by atoms with Gasteiger partial charge in [0.2, 0.25) is 0 Å². The van der Waals surface area contributed by atoms with E-state index in [1.54, 1.807) is 4.68 Å². The molecule has 2 N–H and O–H groups in total. The van der Waals surface area contributed by atoms with E-state index in [1.807, 2.05) is 13.2 Å². The van der Waals surface area contributed by atoms with Crippen LogP contribution in [0.3, 0.4) is 0 Å². The van der Waals surface area contributed by atoms with E-state index in [2.05, 4.69) is 22.0 Å². The molecule has 0 saturated carbocycles. The molecule has 6 heteroatoms. The highest BCUT2D eigenvalue weighted by Gasteiger charge is 2.27. The van der Waals surface area contributed by atoms with E-state index < -0.39 is 5.97 Å². The molecule has 0 amide bonds. The Morgan fingerprint density at radius 3 is 3.10 bits per heavy atom. The maximum Gasteiger partial charge on any atom is 0.306 e. The van der Waals surface area contributed by atoms with Crippen molar-refractivity contribution in [2.75, 3.05) is 0 Å². The number of hydrogen-bond acceptors (Lipinski definition) is 3. The molecule has 3 rings (SSSR count). The van der Waals surface area contributed by atoms with Crippen molar-refractivity contribution in [1.29, 1.82) is 0 Å². The first kappa shape index (κ1) is 12.9. The zero-order chi connectivity index (χ0) is 14.3. The number of rotatable bonds is 3. The van der Waals surface area contributed by atoms with Crippen molar-refractivity contribution >= 4 is 5.97 Å². The summed E-state index contributed by atoms with van der Waals surface area (Å²) < 4.78 is 1.79. The Labute approximate surface area is 116 Å². The van der Waals surface area contributed by atoms with E-state index in [-0.39, 0.29) is 5.92 Å². The summed E-state index contributed by atoms with van der Waals surface area (Å²) >= 11 is 0. The van der Waals surface area contributed by atoms with Crippen LogP contribution in [0.2, 0.25) is 0 Å². The molecule has 2 aromatic rings. The lowest BCUT2D eigenvalue weighted by Gasteiger charge is -2.16. The quantitative estimate of drug-likeness (QED) is 0.889. The van der Waals surface area contributed by atoms with Crippen LogP contribution in [0, 0.1) is 5.92 Å². The van der Waals surface area contributed by atoms with E-state index in [1.165, 1.54) is 0 Å². The number of fused-ring (bicyclic) bond motifs is 1. The molecule has 1 atom stereocenters. The van der Waals surface area contributed by atoms with Crippen molar-refractivity contribution in [2.24, 2.45) is 13.0 Å². The van der Waals surface area contributed by atoms with Gasteiger partial charge in [0.1, 0.15) is 5.82 Å². The van der Waals surface area contributed by atoms with Crippen LogP contribution >= 0.6 is 0 Å². The molecular weight excluding hydrogens is 256 g/mol. The number of aryl methyl sites for hydroxylation is 3. The fourth-order valence-corrected chi connectivity index (χ4v) is 2.81. The van der Waals surface area contributed by atoms with E-state index >= 15 is 0 Å². The Bertz CT molecular complexity index is 656. The lowest BCUT2D eigenvalue weighted by atomic mass is 9.90. The monoisotopic (exact) mass is 274 g/mol. The summed E-state index contributed by atoms with van der Waals surface area (Å²) in [7, 11) is 1.89. The van der Waals surface area contributed by atoms with Gasteiger partial charge in [-0.05, 0) is 19.3 Å². The average molecular weight is 274 g/mol. The number of hydrogen-bond donors (Lipinski definition) is 2. The maximum atomic E-state index is 11.1. The smallest absolute Gasteiger partial charge is 0.306 e. The van der Waals surface area contributed by atoms with Gasteiger partial charge in [-0.1, -0.05) is 6.92 Å². The molecule has 20 heavy (non-hydrogen) atoms. The fourth-order valence-electron chi connectivity index (χ4n) is 2.81. The first-order valence-corrected chi connectivity index (χ1v) is 6.92. The Morgan fingerprint density at radius 1 is 1.60 bits per heavy atom. The number of imidazole rings is 1. The number of aliphatic carboxylic acids is 1. The summed E-state index contributed by atoms with van der Waals surface area (Å²) in [5.74, 6) is -0.205. The lowest BCUT2D eigenvalue weighted by molar-refractivity contribution is -0.142. The number of nitrogens with one attached hydrogen (secondary N) is 1. The zero-order valence-corrected chi connectivity index (χ0v) is 11.7. The molecule has 0 bridgehead atoms. The van der Waals surface area contributed by atoms with Crippen LogP contribution in [0.25, 0.3) is 11.4 Å². The molecule has 0 spiro atoms. The molecule has 1 aliphatic carbocycles. The van der Waals surface area contributed by atoms with Gasteiger partial charge in [0.05, 0.1) is 22.9 Å². The molecule has 0 radical (unpaired) electrons. The summed E-state index contributed by atoms with van der Waals surface area (Å²) in [5.41, 5.74) is 3.98. The maximum absolute atomic E-state index is 11.1. The predicted molar refractivity (Wildman–Crippen MR) is 73.3 cm³/mol. The molecule has 6 nitrogen and oxygen atoms in total. The predicted octanol–water partition coefficient (Wildman–Crippen LogP) is 1.56. The minimum atomic E-state index is -0.720. The van der Waals surface area contributed by atoms with Crippen LogP contribution in [0.15, 0.2) is 6.20 Å². The van der Waals surface area contributed by atoms with Gasteiger partial charge >= 0.3 is 5.97 Å². The Morgan fingerprint density at radius 2 is 2.40 bits per heavy atom. The summed E-state index contributed by atoms with van der Waals surface area (Å²) in [6.07, 6.45) is 4.74. The van der Waals surface area contributed by atoms with E-state index in [0.29, 0.717) is 12.8 Å². The van der Waals surface area contributed by atoms with Gasteiger partial charge in [-0.15, -0.1) is 0 Å². The van der Waals surface area contributed by atoms with Crippen molar-refractivity contribution in [2.45, 2.75) is 32.6 Å². The molecule has 2 heterocycles. The molecule has 106 valence electrons. The van der Waals surface area contributed by atoms with Crippen molar-refractivity contribution < 1.29 is 9.90 Å². The second-order valence-corrected chi connectivity index (χ2v) is 5.31. The van der Waals surface area contributed by atoms with Crippen LogP contribution in [0.1, 0.15) is 30.4 Å². The first-order chi connectivity index (χ1) is 9.58. The SMILES string of the molecule is CCc1nn(C)cc1-c1nc2c([nH]1)CC(C(=O)O)CC2. The fraction of sp³-hybridized carbons (Fsp3) is 0.500.